The van der Waals surface area contributed by atoms with E-state index in [0.29, 0.717) is 6.54 Å². The number of aromatic nitrogens is 1. The van der Waals surface area contributed by atoms with Crippen molar-refractivity contribution in [3.8, 4) is 11.3 Å². The normalized spacial score (nSPS) is 11.2. The Morgan fingerprint density at radius 1 is 1.17 bits per heavy atom. The third-order valence-electron chi connectivity index (χ3n) is 3.51. The Hall–Kier alpha value is -2.06. The van der Waals surface area contributed by atoms with Gasteiger partial charge in [0.2, 0.25) is 0 Å². The summed E-state index contributed by atoms with van der Waals surface area (Å²) in [5.41, 5.74) is 4.24. The molecule has 0 fully saturated rings. The van der Waals surface area contributed by atoms with Gasteiger partial charge in [0.05, 0.1) is 18.4 Å². The molecule has 0 amide bonds. The van der Waals surface area contributed by atoms with Gasteiger partial charge in [-0.2, -0.15) is 10.2 Å². The van der Waals surface area contributed by atoms with Crippen molar-refractivity contribution in [3.05, 3.63) is 69.8 Å². The maximum absolute atomic E-state index is 5.27. The fourth-order valence-electron chi connectivity index (χ4n) is 2.27. The monoisotopic (exact) mass is 432 g/mol. The molecule has 0 atom stereocenters. The van der Waals surface area contributed by atoms with Crippen LogP contribution in [0.4, 0.5) is 5.69 Å². The van der Waals surface area contributed by atoms with Crippen LogP contribution in [0.2, 0.25) is 0 Å². The molecule has 122 valence electrons. The molecule has 1 N–H and O–H groups in total. The van der Waals surface area contributed by atoms with Gasteiger partial charge in [0.1, 0.15) is 0 Å². The summed E-state index contributed by atoms with van der Waals surface area (Å²) in [5, 5.41) is 11.7. The Kier molecular flexibility index (Phi) is 5.71. The van der Waals surface area contributed by atoms with E-state index in [0.717, 1.165) is 29.1 Å². The number of hydrogen-bond acceptors (Lipinski definition) is 5. The van der Waals surface area contributed by atoms with Crippen molar-refractivity contribution >= 4 is 28.3 Å². The van der Waals surface area contributed by atoms with Crippen molar-refractivity contribution in [2.75, 3.05) is 7.05 Å². The lowest BCUT2D eigenvalue weighted by atomic mass is 10.1. The lowest BCUT2D eigenvalue weighted by Crippen LogP contribution is -2.06. The van der Waals surface area contributed by atoms with E-state index < -0.39 is 0 Å². The average Bonchev–Trinajstić information content (AvgIpc) is 3.13. The number of halogens is 1. The maximum atomic E-state index is 5.27. The van der Waals surface area contributed by atoms with Gasteiger partial charge in [-0.25, -0.2) is 4.98 Å². The number of nitrogens with zero attached hydrogens (tertiary/aromatic N) is 3. The molecule has 6 heteroatoms. The lowest BCUT2D eigenvalue weighted by Gasteiger charge is -2.05. The second-order valence-corrected chi connectivity index (χ2v) is 6.43. The second kappa shape index (κ2) is 8.16. The van der Waals surface area contributed by atoms with Gasteiger partial charge in [-0.3, -0.25) is 0 Å². The van der Waals surface area contributed by atoms with Gasteiger partial charge >= 0.3 is 0 Å². The predicted molar refractivity (Wildman–Crippen MR) is 102 cm³/mol. The van der Waals surface area contributed by atoms with Crippen LogP contribution in [0.5, 0.6) is 0 Å². The van der Waals surface area contributed by atoms with Crippen LogP contribution in [0.1, 0.15) is 11.1 Å². The molecule has 3 aromatic rings. The molecule has 1 aromatic heterocycles. The summed E-state index contributed by atoms with van der Waals surface area (Å²) in [4.78, 5) is 3.92. The highest BCUT2D eigenvalue weighted by Gasteiger charge is 2.02. The molecular formula is C18H17IN4O. The number of benzene rings is 2. The van der Waals surface area contributed by atoms with Crippen molar-refractivity contribution in [2.45, 2.75) is 13.1 Å². The molecule has 0 spiro atoms. The van der Waals surface area contributed by atoms with E-state index >= 15 is 0 Å². The number of hydrogen-bond donors (Lipinski definition) is 1. The van der Waals surface area contributed by atoms with E-state index in [1.807, 2.05) is 31.3 Å². The quantitative estimate of drug-likeness (QED) is 0.443. The third kappa shape index (κ3) is 4.27. The first-order valence-corrected chi connectivity index (χ1v) is 8.62. The van der Waals surface area contributed by atoms with Crippen LogP contribution >= 0.6 is 22.6 Å². The Labute approximate surface area is 154 Å². The summed E-state index contributed by atoms with van der Waals surface area (Å²) in [7, 11) is 1.95. The van der Waals surface area contributed by atoms with Crippen LogP contribution in [0.15, 0.2) is 69.7 Å². The minimum Gasteiger partial charge on any atom is -0.444 e. The van der Waals surface area contributed by atoms with Gasteiger partial charge < -0.3 is 9.73 Å². The van der Waals surface area contributed by atoms with E-state index in [9.17, 15) is 0 Å². The fraction of sp³-hybridized carbons (Fsp3) is 0.167. The molecular weight excluding hydrogens is 415 g/mol. The fourth-order valence-corrected chi connectivity index (χ4v) is 3.04. The molecule has 0 bridgehead atoms. The molecule has 0 aliphatic heterocycles. The summed E-state index contributed by atoms with van der Waals surface area (Å²) in [6.07, 6.45) is 3.11. The summed E-state index contributed by atoms with van der Waals surface area (Å²) >= 11 is 2.35. The highest BCUT2D eigenvalue weighted by Crippen LogP contribution is 2.22. The van der Waals surface area contributed by atoms with Gasteiger partial charge in [-0.05, 0) is 71.1 Å². The topological polar surface area (TPSA) is 62.8 Å². The summed E-state index contributed by atoms with van der Waals surface area (Å²) in [5.74, 6) is 0.745. The number of nitrogens with one attached hydrogen (secondary N) is 1. The third-order valence-corrected chi connectivity index (χ3v) is 4.51. The molecule has 5 nitrogen and oxygen atoms in total. The summed E-state index contributed by atoms with van der Waals surface area (Å²) < 4.78 is 6.51. The Balaban J connectivity index is 1.63. The van der Waals surface area contributed by atoms with Crippen LogP contribution in [0, 0.1) is 3.57 Å². The van der Waals surface area contributed by atoms with Crippen LogP contribution in [-0.2, 0) is 13.1 Å². The SMILES string of the molecule is CNCc1ccc(CN=Nc2ccc(-c3cnco3)cc2)cc1I. The van der Waals surface area contributed by atoms with Crippen LogP contribution in [0.3, 0.4) is 0 Å². The van der Waals surface area contributed by atoms with Gasteiger partial charge in [-0.1, -0.05) is 12.1 Å². The van der Waals surface area contributed by atoms with Crippen LogP contribution in [0.25, 0.3) is 11.3 Å². The first kappa shape index (κ1) is 16.8. The zero-order chi connectivity index (χ0) is 16.8. The van der Waals surface area contributed by atoms with E-state index in [1.165, 1.54) is 15.5 Å². The number of oxazole rings is 1. The van der Waals surface area contributed by atoms with Gasteiger partial charge in [-0.15, -0.1) is 0 Å². The zero-order valence-corrected chi connectivity index (χ0v) is 15.4. The van der Waals surface area contributed by atoms with Crippen molar-refractivity contribution in [3.63, 3.8) is 0 Å². The summed E-state index contributed by atoms with van der Waals surface area (Å²) in [6, 6.07) is 14.1. The molecule has 0 saturated heterocycles. The second-order valence-electron chi connectivity index (χ2n) is 5.27. The number of azo groups is 1. The molecule has 2 aromatic carbocycles. The molecule has 0 aliphatic rings. The summed E-state index contributed by atoms with van der Waals surface area (Å²) in [6.45, 7) is 1.44. The van der Waals surface area contributed by atoms with Crippen molar-refractivity contribution in [1.29, 1.82) is 0 Å². The van der Waals surface area contributed by atoms with E-state index in [4.69, 9.17) is 4.42 Å². The minimum absolute atomic E-state index is 0.569. The van der Waals surface area contributed by atoms with Crippen LogP contribution < -0.4 is 5.32 Å². The minimum atomic E-state index is 0.569. The molecule has 3 rings (SSSR count). The highest BCUT2D eigenvalue weighted by atomic mass is 127. The zero-order valence-electron chi connectivity index (χ0n) is 13.2. The molecule has 0 saturated carbocycles. The molecule has 0 aliphatic carbocycles. The Morgan fingerprint density at radius 3 is 2.67 bits per heavy atom. The van der Waals surface area contributed by atoms with Gasteiger partial charge in [0, 0.05) is 15.7 Å². The first-order valence-electron chi connectivity index (χ1n) is 7.54. The highest BCUT2D eigenvalue weighted by molar-refractivity contribution is 14.1. The molecule has 1 heterocycles. The predicted octanol–water partition coefficient (Wildman–Crippen LogP) is 4.95. The molecule has 0 radical (unpaired) electrons. The van der Waals surface area contributed by atoms with Crippen molar-refractivity contribution in [2.24, 2.45) is 10.2 Å². The van der Waals surface area contributed by atoms with E-state index in [2.05, 4.69) is 61.3 Å². The van der Waals surface area contributed by atoms with Crippen LogP contribution in [-0.4, -0.2) is 12.0 Å². The largest absolute Gasteiger partial charge is 0.444 e. The maximum Gasteiger partial charge on any atom is 0.181 e. The molecule has 24 heavy (non-hydrogen) atoms. The van der Waals surface area contributed by atoms with Gasteiger partial charge in [0.25, 0.3) is 0 Å². The van der Waals surface area contributed by atoms with Gasteiger partial charge in [0.15, 0.2) is 12.2 Å². The standard InChI is InChI=1S/C18H17IN4O/c1-20-10-15-3-2-13(8-17(15)19)9-22-23-16-6-4-14(5-7-16)18-11-21-12-24-18/h2-8,11-12,20H,9-10H2,1H3. The Bertz CT molecular complexity index is 814. The smallest absolute Gasteiger partial charge is 0.181 e. The Morgan fingerprint density at radius 2 is 2.00 bits per heavy atom. The first-order chi connectivity index (χ1) is 11.8. The average molecular weight is 432 g/mol. The molecule has 0 unspecified atom stereocenters. The van der Waals surface area contributed by atoms with E-state index in [-0.39, 0.29) is 0 Å². The van der Waals surface area contributed by atoms with E-state index in [1.54, 1.807) is 6.20 Å². The number of rotatable bonds is 6. The lowest BCUT2D eigenvalue weighted by molar-refractivity contribution is 0.572. The van der Waals surface area contributed by atoms with Crippen molar-refractivity contribution < 1.29 is 4.42 Å². The van der Waals surface area contributed by atoms with Crippen molar-refractivity contribution in [1.82, 2.24) is 10.3 Å².